The summed E-state index contributed by atoms with van der Waals surface area (Å²) in [5.41, 5.74) is 2.55. The van der Waals surface area contributed by atoms with E-state index in [0.717, 1.165) is 11.5 Å². The maximum atomic E-state index is 5.87. The highest BCUT2D eigenvalue weighted by Crippen LogP contribution is 2.30. The Balaban J connectivity index is 1.81. The predicted octanol–water partition coefficient (Wildman–Crippen LogP) is 4.80. The fraction of sp³-hybridized carbons (Fsp3) is 0.176. The number of thiophene rings is 1. The third kappa shape index (κ3) is 2.49. The van der Waals surface area contributed by atoms with E-state index in [2.05, 4.69) is 30.5 Å². The standard InChI is InChI=1S/C17H16O2S/c1-12-5-3-8-16-13(11-20-17(12)16)10-19-15-7-4-6-14(9-15)18-2/h3-9,11H,10H2,1-2H3. The first-order valence-electron chi connectivity index (χ1n) is 6.50. The lowest BCUT2D eigenvalue weighted by molar-refractivity contribution is 0.305. The number of methoxy groups -OCH3 is 1. The van der Waals surface area contributed by atoms with Gasteiger partial charge >= 0.3 is 0 Å². The molecular weight excluding hydrogens is 268 g/mol. The van der Waals surface area contributed by atoms with Crippen LogP contribution in [-0.4, -0.2) is 7.11 Å². The molecule has 102 valence electrons. The molecule has 0 saturated heterocycles. The molecule has 0 spiro atoms. The molecule has 0 unspecified atom stereocenters. The summed E-state index contributed by atoms with van der Waals surface area (Å²) in [7, 11) is 1.66. The van der Waals surface area contributed by atoms with Gasteiger partial charge in [-0.15, -0.1) is 11.3 Å². The number of benzene rings is 2. The number of aryl methyl sites for hydroxylation is 1. The fourth-order valence-corrected chi connectivity index (χ4v) is 3.25. The topological polar surface area (TPSA) is 18.5 Å². The first-order valence-corrected chi connectivity index (χ1v) is 7.38. The van der Waals surface area contributed by atoms with Crippen LogP contribution in [0.2, 0.25) is 0 Å². The molecule has 1 heterocycles. The van der Waals surface area contributed by atoms with Gasteiger partial charge in [0, 0.05) is 16.3 Å². The lowest BCUT2D eigenvalue weighted by atomic mass is 10.1. The summed E-state index contributed by atoms with van der Waals surface area (Å²) >= 11 is 1.78. The first kappa shape index (κ1) is 13.0. The van der Waals surface area contributed by atoms with Crippen LogP contribution in [0.5, 0.6) is 11.5 Å². The Hall–Kier alpha value is -2.00. The van der Waals surface area contributed by atoms with E-state index in [0.29, 0.717) is 6.61 Å². The SMILES string of the molecule is COc1cccc(OCc2csc3c(C)cccc23)c1. The average molecular weight is 284 g/mol. The van der Waals surface area contributed by atoms with Crippen molar-refractivity contribution in [3.63, 3.8) is 0 Å². The van der Waals surface area contributed by atoms with Gasteiger partial charge in [-0.3, -0.25) is 0 Å². The van der Waals surface area contributed by atoms with Gasteiger partial charge in [-0.05, 0) is 35.4 Å². The van der Waals surface area contributed by atoms with E-state index in [-0.39, 0.29) is 0 Å². The molecule has 20 heavy (non-hydrogen) atoms. The Morgan fingerprint density at radius 3 is 2.70 bits per heavy atom. The molecule has 2 aromatic carbocycles. The van der Waals surface area contributed by atoms with Gasteiger partial charge in [-0.25, -0.2) is 0 Å². The number of hydrogen-bond acceptors (Lipinski definition) is 3. The molecule has 0 aliphatic carbocycles. The van der Waals surface area contributed by atoms with E-state index in [1.54, 1.807) is 18.4 Å². The number of fused-ring (bicyclic) bond motifs is 1. The summed E-state index contributed by atoms with van der Waals surface area (Å²) < 4.78 is 12.4. The van der Waals surface area contributed by atoms with Crippen molar-refractivity contribution >= 4 is 21.4 Å². The zero-order valence-corrected chi connectivity index (χ0v) is 12.4. The summed E-state index contributed by atoms with van der Waals surface area (Å²) in [5.74, 6) is 1.64. The molecule has 0 amide bonds. The zero-order valence-electron chi connectivity index (χ0n) is 11.6. The van der Waals surface area contributed by atoms with Gasteiger partial charge in [0.2, 0.25) is 0 Å². The molecular formula is C17H16O2S. The molecule has 0 saturated carbocycles. The normalized spacial score (nSPS) is 10.7. The first-order chi connectivity index (χ1) is 9.78. The highest BCUT2D eigenvalue weighted by atomic mass is 32.1. The number of rotatable bonds is 4. The molecule has 0 bridgehead atoms. The average Bonchev–Trinajstić information content (AvgIpc) is 2.90. The second-order valence-electron chi connectivity index (χ2n) is 4.68. The monoisotopic (exact) mass is 284 g/mol. The van der Waals surface area contributed by atoms with Crippen LogP contribution < -0.4 is 9.47 Å². The minimum atomic E-state index is 0.580. The second-order valence-corrected chi connectivity index (χ2v) is 5.56. The van der Waals surface area contributed by atoms with Crippen LogP contribution in [0.3, 0.4) is 0 Å². The fourth-order valence-electron chi connectivity index (χ4n) is 2.22. The van der Waals surface area contributed by atoms with E-state index in [9.17, 15) is 0 Å². The van der Waals surface area contributed by atoms with Crippen molar-refractivity contribution in [2.24, 2.45) is 0 Å². The van der Waals surface area contributed by atoms with Gasteiger partial charge in [-0.2, -0.15) is 0 Å². The Morgan fingerprint density at radius 2 is 1.85 bits per heavy atom. The molecule has 0 aliphatic rings. The third-order valence-corrected chi connectivity index (χ3v) is 4.49. The second kappa shape index (κ2) is 5.55. The van der Waals surface area contributed by atoms with Gasteiger partial charge in [0.25, 0.3) is 0 Å². The number of ether oxygens (including phenoxy) is 2. The minimum absolute atomic E-state index is 0.580. The lowest BCUT2D eigenvalue weighted by Crippen LogP contribution is -1.94. The minimum Gasteiger partial charge on any atom is -0.497 e. The van der Waals surface area contributed by atoms with Crippen LogP contribution in [0.1, 0.15) is 11.1 Å². The Bertz CT molecular complexity index is 731. The van der Waals surface area contributed by atoms with Crippen molar-refractivity contribution in [3.8, 4) is 11.5 Å². The van der Waals surface area contributed by atoms with E-state index in [1.165, 1.54) is 21.2 Å². The Morgan fingerprint density at radius 1 is 1.05 bits per heavy atom. The van der Waals surface area contributed by atoms with Crippen molar-refractivity contribution in [3.05, 3.63) is 59.0 Å². The van der Waals surface area contributed by atoms with Crippen molar-refractivity contribution in [2.75, 3.05) is 7.11 Å². The number of hydrogen-bond donors (Lipinski definition) is 0. The quantitative estimate of drug-likeness (QED) is 0.685. The summed E-state index contributed by atoms with van der Waals surface area (Å²) in [6.45, 7) is 2.72. The molecule has 1 aromatic heterocycles. The van der Waals surface area contributed by atoms with E-state index < -0.39 is 0 Å². The van der Waals surface area contributed by atoms with Crippen molar-refractivity contribution in [2.45, 2.75) is 13.5 Å². The largest absolute Gasteiger partial charge is 0.497 e. The molecule has 0 N–H and O–H groups in total. The van der Waals surface area contributed by atoms with Crippen molar-refractivity contribution < 1.29 is 9.47 Å². The molecule has 2 nitrogen and oxygen atoms in total. The Kier molecular flexibility index (Phi) is 3.61. The molecule has 3 aromatic rings. The van der Waals surface area contributed by atoms with Crippen molar-refractivity contribution in [1.82, 2.24) is 0 Å². The zero-order chi connectivity index (χ0) is 13.9. The molecule has 0 fully saturated rings. The van der Waals surface area contributed by atoms with Crippen LogP contribution in [0.15, 0.2) is 47.8 Å². The molecule has 0 atom stereocenters. The maximum absolute atomic E-state index is 5.87. The summed E-state index contributed by atoms with van der Waals surface area (Å²) in [5, 5.41) is 3.47. The van der Waals surface area contributed by atoms with E-state index >= 15 is 0 Å². The molecule has 0 radical (unpaired) electrons. The van der Waals surface area contributed by atoms with Crippen molar-refractivity contribution in [1.29, 1.82) is 0 Å². The smallest absolute Gasteiger partial charge is 0.123 e. The van der Waals surface area contributed by atoms with Crippen LogP contribution in [0, 0.1) is 6.92 Å². The lowest BCUT2D eigenvalue weighted by Gasteiger charge is -2.07. The maximum Gasteiger partial charge on any atom is 0.123 e. The van der Waals surface area contributed by atoms with E-state index in [1.807, 2.05) is 24.3 Å². The highest BCUT2D eigenvalue weighted by molar-refractivity contribution is 7.17. The summed E-state index contributed by atoms with van der Waals surface area (Å²) in [4.78, 5) is 0. The highest BCUT2D eigenvalue weighted by Gasteiger charge is 2.06. The van der Waals surface area contributed by atoms with Crippen LogP contribution >= 0.6 is 11.3 Å². The van der Waals surface area contributed by atoms with Gasteiger partial charge < -0.3 is 9.47 Å². The summed E-state index contributed by atoms with van der Waals surface area (Å²) in [6, 6.07) is 14.1. The Labute approximate surface area is 122 Å². The van der Waals surface area contributed by atoms with E-state index in [4.69, 9.17) is 9.47 Å². The van der Waals surface area contributed by atoms with Crippen LogP contribution in [-0.2, 0) is 6.61 Å². The molecule has 3 rings (SSSR count). The van der Waals surface area contributed by atoms with Gasteiger partial charge in [-0.1, -0.05) is 24.3 Å². The molecule has 3 heteroatoms. The van der Waals surface area contributed by atoms with Gasteiger partial charge in [0.1, 0.15) is 18.1 Å². The summed E-state index contributed by atoms with van der Waals surface area (Å²) in [6.07, 6.45) is 0. The third-order valence-electron chi connectivity index (χ3n) is 3.31. The van der Waals surface area contributed by atoms with Crippen LogP contribution in [0.25, 0.3) is 10.1 Å². The van der Waals surface area contributed by atoms with Gasteiger partial charge in [0.05, 0.1) is 7.11 Å². The predicted molar refractivity (Wildman–Crippen MR) is 83.9 cm³/mol. The molecule has 0 aliphatic heterocycles. The van der Waals surface area contributed by atoms with Gasteiger partial charge in [0.15, 0.2) is 0 Å². The van der Waals surface area contributed by atoms with Crippen LogP contribution in [0.4, 0.5) is 0 Å².